The number of pyridine rings is 1. The molecule has 1 saturated heterocycles. The molecule has 2 N–H and O–H groups in total. The first kappa shape index (κ1) is 19.4. The van der Waals surface area contributed by atoms with Crippen LogP contribution in [0.25, 0.3) is 5.57 Å². The molecule has 1 aliphatic rings. The van der Waals surface area contributed by atoms with Crippen molar-refractivity contribution < 1.29 is 4.74 Å². The summed E-state index contributed by atoms with van der Waals surface area (Å²) in [6, 6.07) is 2.19. The van der Waals surface area contributed by atoms with Crippen LogP contribution in [-0.2, 0) is 0 Å². The number of piperidine rings is 1. The van der Waals surface area contributed by atoms with Crippen LogP contribution in [0.4, 0.5) is 5.82 Å². The molecule has 0 atom stereocenters. The number of anilines is 1. The molecule has 0 saturated carbocycles. The molecule has 2 heterocycles. The van der Waals surface area contributed by atoms with Gasteiger partial charge in [0.05, 0.1) is 0 Å². The molecule has 0 radical (unpaired) electrons. The van der Waals surface area contributed by atoms with Crippen molar-refractivity contribution in [2.45, 2.75) is 58.6 Å². The Kier molecular flexibility index (Phi) is 7.00. The predicted octanol–water partition coefficient (Wildman–Crippen LogP) is 4.19. The third kappa shape index (κ3) is 5.30. The molecule has 0 unspecified atom stereocenters. The molecular formula is C20H32N4O. The molecule has 0 aliphatic carbocycles. The third-order valence-corrected chi connectivity index (χ3v) is 4.49. The monoisotopic (exact) mass is 344 g/mol. The van der Waals surface area contributed by atoms with Crippen molar-refractivity contribution in [3.8, 4) is 5.88 Å². The van der Waals surface area contributed by atoms with Crippen molar-refractivity contribution in [1.82, 2.24) is 9.88 Å². The Morgan fingerprint density at radius 1 is 1.48 bits per heavy atom. The van der Waals surface area contributed by atoms with Gasteiger partial charge in [0.25, 0.3) is 0 Å². The summed E-state index contributed by atoms with van der Waals surface area (Å²) in [6.07, 6.45) is 5.53. The van der Waals surface area contributed by atoms with Crippen molar-refractivity contribution >= 4 is 17.6 Å². The first-order valence-electron chi connectivity index (χ1n) is 9.30. The fourth-order valence-electron chi connectivity index (χ4n) is 3.12. The van der Waals surface area contributed by atoms with E-state index in [0.717, 1.165) is 55.5 Å². The minimum Gasteiger partial charge on any atom is -0.474 e. The lowest BCUT2D eigenvalue weighted by Crippen LogP contribution is -2.35. The van der Waals surface area contributed by atoms with E-state index in [4.69, 9.17) is 10.1 Å². The highest BCUT2D eigenvalue weighted by atomic mass is 16.5. The summed E-state index contributed by atoms with van der Waals surface area (Å²) >= 11 is 0. The van der Waals surface area contributed by atoms with Gasteiger partial charge in [-0.05, 0) is 51.3 Å². The van der Waals surface area contributed by atoms with Crippen LogP contribution in [0.2, 0.25) is 0 Å². The first-order chi connectivity index (χ1) is 11.9. The molecule has 1 aromatic rings. The minimum atomic E-state index is 0.203. The maximum Gasteiger partial charge on any atom is 0.216 e. The second kappa shape index (κ2) is 8.99. The van der Waals surface area contributed by atoms with E-state index in [1.165, 1.54) is 6.21 Å². The first-order valence-corrected chi connectivity index (χ1v) is 9.30. The van der Waals surface area contributed by atoms with E-state index >= 15 is 0 Å². The van der Waals surface area contributed by atoms with Gasteiger partial charge in [0.15, 0.2) is 0 Å². The lowest BCUT2D eigenvalue weighted by atomic mass is 9.99. The number of ether oxygens (including phenoxy) is 1. The predicted molar refractivity (Wildman–Crippen MR) is 106 cm³/mol. The standard InChI is InChI=1S/C20H32N4O/c1-6-7-15(4)17-12-19(25-16-8-10-24(5)11-9-16)23-20(18(17)13-21)22-14(2)3/h12-14,16,21H,4,6-11H2,1-3,5H3,(H,22,23). The molecule has 1 aromatic heterocycles. The molecule has 1 aliphatic heterocycles. The van der Waals surface area contributed by atoms with Crippen LogP contribution in [0.3, 0.4) is 0 Å². The summed E-state index contributed by atoms with van der Waals surface area (Å²) in [5.41, 5.74) is 2.80. The van der Waals surface area contributed by atoms with Crippen LogP contribution in [0, 0.1) is 5.41 Å². The van der Waals surface area contributed by atoms with Crippen molar-refractivity contribution in [1.29, 1.82) is 5.41 Å². The largest absolute Gasteiger partial charge is 0.474 e. The highest BCUT2D eigenvalue weighted by Crippen LogP contribution is 2.30. The van der Waals surface area contributed by atoms with Crippen LogP contribution < -0.4 is 10.1 Å². The zero-order chi connectivity index (χ0) is 18.4. The SMILES string of the molecule is C=C(CCC)c1cc(OC2CCN(C)CC2)nc(NC(C)C)c1C=N. The number of nitrogens with one attached hydrogen (secondary N) is 2. The second-order valence-corrected chi connectivity index (χ2v) is 7.19. The molecule has 138 valence electrons. The van der Waals surface area contributed by atoms with Crippen LogP contribution in [0.1, 0.15) is 57.6 Å². The van der Waals surface area contributed by atoms with Gasteiger partial charge in [0, 0.05) is 37.0 Å². The number of aromatic nitrogens is 1. The van der Waals surface area contributed by atoms with E-state index in [1.54, 1.807) is 0 Å². The molecular weight excluding hydrogens is 312 g/mol. The van der Waals surface area contributed by atoms with Gasteiger partial charge in [-0.15, -0.1) is 0 Å². The number of likely N-dealkylation sites (tertiary alicyclic amines) is 1. The summed E-state index contributed by atoms with van der Waals surface area (Å²) in [6.45, 7) is 12.6. The molecule has 0 aromatic carbocycles. The Morgan fingerprint density at radius 3 is 2.72 bits per heavy atom. The molecule has 0 bridgehead atoms. The van der Waals surface area contributed by atoms with Crippen LogP contribution >= 0.6 is 0 Å². The Bertz CT molecular complexity index is 604. The van der Waals surface area contributed by atoms with Gasteiger partial charge in [-0.2, -0.15) is 4.98 Å². The highest BCUT2D eigenvalue weighted by Gasteiger charge is 2.21. The number of hydrogen-bond acceptors (Lipinski definition) is 5. The average molecular weight is 345 g/mol. The second-order valence-electron chi connectivity index (χ2n) is 7.19. The summed E-state index contributed by atoms with van der Waals surface area (Å²) in [4.78, 5) is 6.99. The smallest absolute Gasteiger partial charge is 0.216 e. The van der Waals surface area contributed by atoms with E-state index in [-0.39, 0.29) is 12.1 Å². The minimum absolute atomic E-state index is 0.203. The quantitative estimate of drug-likeness (QED) is 0.694. The highest BCUT2D eigenvalue weighted by molar-refractivity contribution is 5.92. The van der Waals surface area contributed by atoms with Gasteiger partial charge in [-0.3, -0.25) is 0 Å². The summed E-state index contributed by atoms with van der Waals surface area (Å²) < 4.78 is 6.20. The van der Waals surface area contributed by atoms with Gasteiger partial charge in [-0.25, -0.2) is 0 Å². The van der Waals surface area contributed by atoms with Gasteiger partial charge in [-0.1, -0.05) is 19.9 Å². The van der Waals surface area contributed by atoms with E-state index < -0.39 is 0 Å². The Labute approximate surface area is 152 Å². The van der Waals surface area contributed by atoms with Crippen molar-refractivity contribution in [2.24, 2.45) is 0 Å². The van der Waals surface area contributed by atoms with Gasteiger partial charge < -0.3 is 20.4 Å². The Balaban J connectivity index is 2.33. The Hall–Kier alpha value is -1.88. The van der Waals surface area contributed by atoms with Crippen LogP contribution in [0.5, 0.6) is 5.88 Å². The normalized spacial score (nSPS) is 16.0. The van der Waals surface area contributed by atoms with Gasteiger partial charge in [0.2, 0.25) is 5.88 Å². The van der Waals surface area contributed by atoms with Crippen LogP contribution in [-0.4, -0.2) is 48.4 Å². The fraction of sp³-hybridized carbons (Fsp3) is 0.600. The van der Waals surface area contributed by atoms with E-state index in [0.29, 0.717) is 11.7 Å². The third-order valence-electron chi connectivity index (χ3n) is 4.49. The molecule has 2 rings (SSSR count). The van der Waals surface area contributed by atoms with Crippen molar-refractivity contribution in [3.05, 3.63) is 23.8 Å². The van der Waals surface area contributed by atoms with Crippen LogP contribution in [0.15, 0.2) is 12.6 Å². The fourth-order valence-corrected chi connectivity index (χ4v) is 3.12. The number of allylic oxidation sites excluding steroid dienone is 1. The topological polar surface area (TPSA) is 61.2 Å². The lowest BCUT2D eigenvalue weighted by Gasteiger charge is -2.29. The summed E-state index contributed by atoms with van der Waals surface area (Å²) in [7, 11) is 2.14. The molecule has 5 nitrogen and oxygen atoms in total. The molecule has 25 heavy (non-hydrogen) atoms. The number of rotatable bonds is 8. The van der Waals surface area contributed by atoms with E-state index in [2.05, 4.69) is 49.6 Å². The summed E-state index contributed by atoms with van der Waals surface area (Å²) in [5.74, 6) is 1.35. The molecule has 1 fully saturated rings. The number of nitrogens with zero attached hydrogens (tertiary/aromatic N) is 2. The van der Waals surface area contributed by atoms with E-state index in [1.807, 2.05) is 6.07 Å². The average Bonchev–Trinajstić information content (AvgIpc) is 2.56. The zero-order valence-electron chi connectivity index (χ0n) is 16.1. The van der Waals surface area contributed by atoms with E-state index in [9.17, 15) is 0 Å². The maximum absolute atomic E-state index is 7.85. The van der Waals surface area contributed by atoms with Crippen molar-refractivity contribution in [2.75, 3.05) is 25.5 Å². The maximum atomic E-state index is 7.85. The number of hydrogen-bond donors (Lipinski definition) is 2. The summed E-state index contributed by atoms with van der Waals surface area (Å²) in [5, 5.41) is 11.2. The van der Waals surface area contributed by atoms with Gasteiger partial charge in [0.1, 0.15) is 11.9 Å². The lowest BCUT2D eigenvalue weighted by molar-refractivity contribution is 0.110. The Morgan fingerprint density at radius 2 is 2.16 bits per heavy atom. The van der Waals surface area contributed by atoms with Gasteiger partial charge >= 0.3 is 0 Å². The zero-order valence-corrected chi connectivity index (χ0v) is 16.1. The molecule has 5 heteroatoms. The molecule has 0 amide bonds. The molecule has 0 spiro atoms. The van der Waals surface area contributed by atoms with Crippen molar-refractivity contribution in [3.63, 3.8) is 0 Å².